The van der Waals surface area contributed by atoms with E-state index in [1.54, 1.807) is 6.07 Å². The van der Waals surface area contributed by atoms with E-state index in [-0.39, 0.29) is 18.0 Å². The first-order valence-electron chi connectivity index (χ1n) is 4.25. The summed E-state index contributed by atoms with van der Waals surface area (Å²) in [6.07, 6.45) is 0. The predicted octanol–water partition coefficient (Wildman–Crippen LogP) is 0.628. The number of aromatic amines is 1. The fourth-order valence-electron chi connectivity index (χ4n) is 1.21. The molecule has 0 bridgehead atoms. The Hall–Kier alpha value is -1.95. The second-order valence-electron chi connectivity index (χ2n) is 2.94. The van der Waals surface area contributed by atoms with Gasteiger partial charge in [0.1, 0.15) is 5.82 Å². The zero-order valence-corrected chi connectivity index (χ0v) is 7.66. The van der Waals surface area contributed by atoms with E-state index in [4.69, 9.17) is 5.73 Å². The minimum Gasteiger partial charge on any atom is -0.388 e. The highest BCUT2D eigenvalue weighted by Crippen LogP contribution is 2.20. The first kappa shape index (κ1) is 9.60. The van der Waals surface area contributed by atoms with Gasteiger partial charge < -0.3 is 10.2 Å². The van der Waals surface area contributed by atoms with Crippen LogP contribution in [0.5, 0.6) is 0 Å². The van der Waals surface area contributed by atoms with Gasteiger partial charge in [0.15, 0.2) is 0 Å². The molecule has 0 saturated heterocycles. The van der Waals surface area contributed by atoms with Gasteiger partial charge in [0.25, 0.3) is 5.89 Å². The molecule has 1 aromatic carbocycles. The van der Waals surface area contributed by atoms with Crippen molar-refractivity contribution in [3.8, 4) is 11.5 Å². The molecule has 15 heavy (non-hydrogen) atoms. The van der Waals surface area contributed by atoms with Crippen molar-refractivity contribution < 1.29 is 8.81 Å². The van der Waals surface area contributed by atoms with E-state index in [0.29, 0.717) is 0 Å². The highest BCUT2D eigenvalue weighted by atomic mass is 19.1. The SMILES string of the molecule is NCc1ccc(F)c(-c2n[nH]c(=O)o2)c1. The molecule has 2 aromatic rings. The Bertz CT molecular complexity index is 532. The number of benzene rings is 1. The Balaban J connectivity index is 2.56. The minimum absolute atomic E-state index is 0.0761. The molecule has 1 heterocycles. The Kier molecular flexibility index (Phi) is 2.34. The first-order chi connectivity index (χ1) is 7.20. The van der Waals surface area contributed by atoms with Crippen molar-refractivity contribution >= 4 is 0 Å². The molecule has 0 unspecified atom stereocenters. The average molecular weight is 209 g/mol. The number of hydrogen-bond donors (Lipinski definition) is 2. The first-order valence-corrected chi connectivity index (χ1v) is 4.25. The van der Waals surface area contributed by atoms with Crippen LogP contribution in [0.25, 0.3) is 11.5 Å². The highest BCUT2D eigenvalue weighted by Gasteiger charge is 2.11. The number of H-pyrrole nitrogens is 1. The quantitative estimate of drug-likeness (QED) is 0.759. The molecule has 2 rings (SSSR count). The van der Waals surface area contributed by atoms with Crippen LogP contribution in [0.15, 0.2) is 27.4 Å². The number of nitrogens with two attached hydrogens (primary N) is 1. The Labute approximate surface area is 83.7 Å². The minimum atomic E-state index is -0.720. The molecule has 0 spiro atoms. The summed E-state index contributed by atoms with van der Waals surface area (Å²) in [5, 5.41) is 5.60. The van der Waals surface area contributed by atoms with E-state index in [0.717, 1.165) is 5.56 Å². The normalized spacial score (nSPS) is 10.5. The van der Waals surface area contributed by atoms with Gasteiger partial charge in [-0.25, -0.2) is 14.3 Å². The zero-order chi connectivity index (χ0) is 10.8. The molecule has 78 valence electrons. The zero-order valence-electron chi connectivity index (χ0n) is 7.66. The van der Waals surface area contributed by atoms with Crippen molar-refractivity contribution in [1.82, 2.24) is 10.2 Å². The third-order valence-electron chi connectivity index (χ3n) is 1.93. The lowest BCUT2D eigenvalue weighted by molar-refractivity contribution is 0.521. The number of nitrogens with zero attached hydrogens (tertiary/aromatic N) is 1. The van der Waals surface area contributed by atoms with Crippen LogP contribution in [0.3, 0.4) is 0 Å². The predicted molar refractivity (Wildman–Crippen MR) is 50.4 cm³/mol. The molecule has 3 N–H and O–H groups in total. The highest BCUT2D eigenvalue weighted by molar-refractivity contribution is 5.54. The van der Waals surface area contributed by atoms with Crippen LogP contribution in [0.2, 0.25) is 0 Å². The average Bonchev–Trinajstić information content (AvgIpc) is 2.65. The lowest BCUT2D eigenvalue weighted by Gasteiger charge is -2.00. The fourth-order valence-corrected chi connectivity index (χ4v) is 1.21. The lowest BCUT2D eigenvalue weighted by atomic mass is 10.1. The van der Waals surface area contributed by atoms with Crippen molar-refractivity contribution in [3.05, 3.63) is 40.1 Å². The number of hydrogen-bond acceptors (Lipinski definition) is 4. The summed E-state index contributed by atoms with van der Waals surface area (Å²) in [4.78, 5) is 10.7. The summed E-state index contributed by atoms with van der Waals surface area (Å²) >= 11 is 0. The fraction of sp³-hybridized carbons (Fsp3) is 0.111. The maximum absolute atomic E-state index is 13.3. The van der Waals surface area contributed by atoms with E-state index in [2.05, 4.69) is 14.6 Å². The van der Waals surface area contributed by atoms with Crippen LogP contribution in [0.1, 0.15) is 5.56 Å². The maximum atomic E-state index is 13.3. The summed E-state index contributed by atoms with van der Waals surface area (Å²) in [7, 11) is 0. The second kappa shape index (κ2) is 3.66. The molecule has 5 nitrogen and oxygen atoms in total. The topological polar surface area (TPSA) is 84.9 Å². The van der Waals surface area contributed by atoms with Gasteiger partial charge in [-0.15, -0.1) is 5.10 Å². The summed E-state index contributed by atoms with van der Waals surface area (Å²) in [6, 6.07) is 4.31. The Morgan fingerprint density at radius 1 is 1.53 bits per heavy atom. The molecule has 0 aliphatic rings. The lowest BCUT2D eigenvalue weighted by Crippen LogP contribution is -1.97. The van der Waals surface area contributed by atoms with Gasteiger partial charge in [0.05, 0.1) is 5.56 Å². The van der Waals surface area contributed by atoms with E-state index in [1.807, 2.05) is 0 Å². The standard InChI is InChI=1S/C9H8FN3O2/c10-7-2-1-5(4-11)3-6(7)8-12-13-9(14)15-8/h1-3H,4,11H2,(H,13,14). The van der Waals surface area contributed by atoms with E-state index < -0.39 is 11.6 Å². The van der Waals surface area contributed by atoms with Crippen molar-refractivity contribution in [2.75, 3.05) is 0 Å². The third-order valence-corrected chi connectivity index (χ3v) is 1.93. The molecule has 0 amide bonds. The van der Waals surface area contributed by atoms with Gasteiger partial charge in [0.2, 0.25) is 0 Å². The van der Waals surface area contributed by atoms with Gasteiger partial charge in [-0.2, -0.15) is 0 Å². The number of rotatable bonds is 2. The summed E-state index contributed by atoms with van der Waals surface area (Å²) in [5.74, 6) is -1.31. The van der Waals surface area contributed by atoms with Crippen LogP contribution >= 0.6 is 0 Å². The maximum Gasteiger partial charge on any atom is 0.434 e. The van der Waals surface area contributed by atoms with Crippen molar-refractivity contribution in [3.63, 3.8) is 0 Å². The van der Waals surface area contributed by atoms with Gasteiger partial charge in [-0.1, -0.05) is 6.07 Å². The molecule has 0 radical (unpaired) electrons. The third kappa shape index (κ3) is 1.79. The molecule has 0 atom stereocenters. The molecule has 0 aliphatic carbocycles. The van der Waals surface area contributed by atoms with Gasteiger partial charge in [0, 0.05) is 6.54 Å². The second-order valence-corrected chi connectivity index (χ2v) is 2.94. The molecular formula is C9H8FN3O2. The molecule has 0 fully saturated rings. The van der Waals surface area contributed by atoms with E-state index >= 15 is 0 Å². The molecule has 6 heteroatoms. The van der Waals surface area contributed by atoms with Crippen LogP contribution in [0.4, 0.5) is 4.39 Å². The van der Waals surface area contributed by atoms with Crippen LogP contribution in [-0.2, 0) is 6.54 Å². The number of nitrogens with one attached hydrogen (secondary N) is 1. The van der Waals surface area contributed by atoms with E-state index in [9.17, 15) is 9.18 Å². The van der Waals surface area contributed by atoms with Crippen molar-refractivity contribution in [1.29, 1.82) is 0 Å². The van der Waals surface area contributed by atoms with Crippen LogP contribution in [-0.4, -0.2) is 10.2 Å². The molecule has 0 aliphatic heterocycles. The smallest absolute Gasteiger partial charge is 0.388 e. The monoisotopic (exact) mass is 209 g/mol. The van der Waals surface area contributed by atoms with Gasteiger partial charge in [-0.3, -0.25) is 0 Å². The summed E-state index contributed by atoms with van der Waals surface area (Å²) in [5.41, 5.74) is 6.26. The molecule has 1 aromatic heterocycles. The van der Waals surface area contributed by atoms with Gasteiger partial charge in [-0.05, 0) is 17.7 Å². The Morgan fingerprint density at radius 3 is 2.93 bits per heavy atom. The van der Waals surface area contributed by atoms with Gasteiger partial charge >= 0.3 is 5.76 Å². The van der Waals surface area contributed by atoms with Crippen molar-refractivity contribution in [2.45, 2.75) is 6.54 Å². The largest absolute Gasteiger partial charge is 0.434 e. The van der Waals surface area contributed by atoms with E-state index in [1.165, 1.54) is 12.1 Å². The summed E-state index contributed by atoms with van der Waals surface area (Å²) < 4.78 is 18.0. The van der Waals surface area contributed by atoms with Crippen LogP contribution < -0.4 is 11.5 Å². The van der Waals surface area contributed by atoms with Crippen LogP contribution in [0, 0.1) is 5.82 Å². The molecular weight excluding hydrogens is 201 g/mol. The summed E-state index contributed by atoms with van der Waals surface area (Å²) in [6.45, 7) is 0.280. The number of aromatic nitrogens is 2. The Morgan fingerprint density at radius 2 is 2.33 bits per heavy atom. The number of halogens is 1. The molecule has 0 saturated carbocycles. The van der Waals surface area contributed by atoms with Crippen molar-refractivity contribution in [2.24, 2.45) is 5.73 Å².